The third-order valence-corrected chi connectivity index (χ3v) is 4.54. The van der Waals surface area contributed by atoms with Gasteiger partial charge in [0.15, 0.2) is 0 Å². The zero-order valence-corrected chi connectivity index (χ0v) is 12.3. The number of benzene rings is 1. The monoisotopic (exact) mass is 286 g/mol. The summed E-state index contributed by atoms with van der Waals surface area (Å²) in [5.41, 5.74) is 6.34. The molecule has 0 bridgehead atoms. The highest BCUT2D eigenvalue weighted by Gasteiger charge is 2.34. The maximum absolute atomic E-state index is 9.89. The molecule has 0 amide bonds. The second-order valence-electron chi connectivity index (χ2n) is 6.19. The number of hydrogen-bond donors (Lipinski definition) is 3. The Morgan fingerprint density at radius 1 is 1.29 bits per heavy atom. The largest absolute Gasteiger partial charge is 0.394 e. The number of anilines is 2. The first kappa shape index (κ1) is 14.1. The van der Waals surface area contributed by atoms with Crippen molar-refractivity contribution in [1.29, 1.82) is 0 Å². The molecule has 0 aliphatic heterocycles. The van der Waals surface area contributed by atoms with Crippen molar-refractivity contribution in [1.82, 2.24) is 9.97 Å². The molecule has 1 heterocycles. The molecule has 1 saturated carbocycles. The predicted octanol–water partition coefficient (Wildman–Crippen LogP) is 2.57. The number of nitrogens with one attached hydrogen (secondary N) is 1. The summed E-state index contributed by atoms with van der Waals surface area (Å²) in [6.07, 6.45) is 4.13. The van der Waals surface area contributed by atoms with Crippen molar-refractivity contribution in [3.63, 3.8) is 0 Å². The molecule has 4 N–H and O–H groups in total. The highest BCUT2D eigenvalue weighted by atomic mass is 16.3. The van der Waals surface area contributed by atoms with Crippen molar-refractivity contribution in [3.8, 4) is 0 Å². The van der Waals surface area contributed by atoms with Gasteiger partial charge in [0.25, 0.3) is 0 Å². The Balaban J connectivity index is 1.96. The fraction of sp³-hybridized carbons (Fsp3) is 0.500. The van der Waals surface area contributed by atoms with E-state index < -0.39 is 0 Å². The van der Waals surface area contributed by atoms with Crippen LogP contribution in [0.2, 0.25) is 0 Å². The first-order chi connectivity index (χ1) is 10.1. The summed E-state index contributed by atoms with van der Waals surface area (Å²) >= 11 is 0. The lowest BCUT2D eigenvalue weighted by Crippen LogP contribution is -2.45. The average Bonchev–Trinajstić information content (AvgIpc) is 2.50. The fourth-order valence-corrected chi connectivity index (χ4v) is 3.08. The number of aliphatic hydroxyl groups is 1. The van der Waals surface area contributed by atoms with Gasteiger partial charge in [-0.05, 0) is 43.7 Å². The Morgan fingerprint density at radius 3 is 2.71 bits per heavy atom. The number of hydrogen-bond acceptors (Lipinski definition) is 5. The maximum Gasteiger partial charge on any atom is 0.222 e. The zero-order valence-electron chi connectivity index (χ0n) is 12.3. The Hall–Kier alpha value is -1.88. The lowest BCUT2D eigenvalue weighted by atomic mass is 9.77. The molecule has 5 nitrogen and oxygen atoms in total. The number of aromatic nitrogens is 2. The molecule has 1 aliphatic rings. The number of aliphatic hydroxyl groups excluding tert-OH is 1. The molecule has 2 aromatic rings. The highest BCUT2D eigenvalue weighted by Crippen LogP contribution is 2.35. The van der Waals surface area contributed by atoms with Gasteiger partial charge in [-0.3, -0.25) is 0 Å². The molecule has 0 radical (unpaired) electrons. The predicted molar refractivity (Wildman–Crippen MR) is 85.0 cm³/mol. The number of fused-ring (bicyclic) bond motifs is 1. The van der Waals surface area contributed by atoms with Crippen LogP contribution in [-0.4, -0.2) is 27.2 Å². The minimum absolute atomic E-state index is 0.109. The van der Waals surface area contributed by atoms with E-state index >= 15 is 0 Å². The van der Waals surface area contributed by atoms with E-state index in [0.29, 0.717) is 0 Å². The normalized spacial score (nSPS) is 25.9. The number of nitrogens with two attached hydrogens (primary N) is 1. The van der Waals surface area contributed by atoms with Crippen molar-refractivity contribution in [2.75, 3.05) is 17.7 Å². The van der Waals surface area contributed by atoms with Crippen molar-refractivity contribution < 1.29 is 5.11 Å². The Kier molecular flexibility index (Phi) is 3.68. The summed E-state index contributed by atoms with van der Waals surface area (Å²) in [5.74, 6) is 1.70. The fourth-order valence-electron chi connectivity index (χ4n) is 3.08. The van der Waals surface area contributed by atoms with E-state index in [-0.39, 0.29) is 18.1 Å². The Morgan fingerprint density at radius 2 is 2.00 bits per heavy atom. The van der Waals surface area contributed by atoms with Crippen molar-refractivity contribution in [2.45, 2.75) is 38.1 Å². The van der Waals surface area contributed by atoms with Gasteiger partial charge in [0, 0.05) is 5.39 Å². The van der Waals surface area contributed by atoms with E-state index in [2.05, 4.69) is 22.2 Å². The van der Waals surface area contributed by atoms with Crippen molar-refractivity contribution in [3.05, 3.63) is 24.3 Å². The van der Waals surface area contributed by atoms with E-state index in [4.69, 9.17) is 5.73 Å². The van der Waals surface area contributed by atoms with Gasteiger partial charge in [-0.25, -0.2) is 4.98 Å². The molecule has 21 heavy (non-hydrogen) atoms. The first-order valence-electron chi connectivity index (χ1n) is 7.53. The summed E-state index contributed by atoms with van der Waals surface area (Å²) in [6, 6.07) is 7.80. The topological polar surface area (TPSA) is 84.1 Å². The molecule has 3 rings (SSSR count). The van der Waals surface area contributed by atoms with Crippen LogP contribution in [0.3, 0.4) is 0 Å². The second-order valence-corrected chi connectivity index (χ2v) is 6.19. The molecule has 0 atom stereocenters. The van der Waals surface area contributed by atoms with Gasteiger partial charge < -0.3 is 16.2 Å². The number of nitrogens with zero attached hydrogens (tertiary/aromatic N) is 2. The molecule has 0 spiro atoms. The average molecular weight is 286 g/mol. The van der Waals surface area contributed by atoms with Crippen LogP contribution < -0.4 is 11.1 Å². The summed E-state index contributed by atoms with van der Waals surface area (Å²) in [7, 11) is 0. The number of rotatable bonds is 3. The minimum Gasteiger partial charge on any atom is -0.394 e. The molecule has 1 fully saturated rings. The van der Waals surface area contributed by atoms with E-state index in [1.165, 1.54) is 0 Å². The zero-order chi connectivity index (χ0) is 14.9. The lowest BCUT2D eigenvalue weighted by molar-refractivity contribution is 0.155. The standard InChI is InChI=1S/C16H22N4O/c1-11-6-8-16(10-21,9-7-11)20-14-12-4-2-3-5-13(12)18-15(17)19-14/h2-5,11,21H,6-10H2,1H3,(H3,17,18,19,20). The third kappa shape index (κ3) is 2.78. The van der Waals surface area contributed by atoms with E-state index in [9.17, 15) is 5.11 Å². The maximum atomic E-state index is 9.89. The number of nitrogen functional groups attached to an aromatic ring is 1. The summed E-state index contributed by atoms with van der Waals surface area (Å²) in [4.78, 5) is 8.61. The SMILES string of the molecule is CC1CCC(CO)(Nc2nc(N)nc3ccccc23)CC1. The Bertz CT molecular complexity index is 635. The van der Waals surface area contributed by atoms with Gasteiger partial charge in [-0.15, -0.1) is 0 Å². The van der Waals surface area contributed by atoms with Gasteiger partial charge in [-0.1, -0.05) is 19.1 Å². The molecule has 112 valence electrons. The quantitative estimate of drug-likeness (QED) is 0.807. The van der Waals surface area contributed by atoms with Crippen LogP contribution in [0.1, 0.15) is 32.6 Å². The minimum atomic E-state index is -0.296. The van der Waals surface area contributed by atoms with Gasteiger partial charge in [0.1, 0.15) is 5.82 Å². The molecular weight excluding hydrogens is 264 g/mol. The first-order valence-corrected chi connectivity index (χ1v) is 7.53. The molecule has 1 aromatic heterocycles. The van der Waals surface area contributed by atoms with Crippen LogP contribution in [0.5, 0.6) is 0 Å². The van der Waals surface area contributed by atoms with Gasteiger partial charge in [0.2, 0.25) is 5.95 Å². The molecular formula is C16H22N4O. The molecule has 0 unspecified atom stereocenters. The van der Waals surface area contributed by atoms with Crippen LogP contribution in [0.15, 0.2) is 24.3 Å². The van der Waals surface area contributed by atoms with E-state index in [0.717, 1.165) is 48.3 Å². The molecule has 0 saturated heterocycles. The van der Waals surface area contributed by atoms with Gasteiger partial charge >= 0.3 is 0 Å². The van der Waals surface area contributed by atoms with Crippen LogP contribution in [0, 0.1) is 5.92 Å². The van der Waals surface area contributed by atoms with Gasteiger partial charge in [-0.2, -0.15) is 4.98 Å². The number of para-hydroxylation sites is 1. The van der Waals surface area contributed by atoms with E-state index in [1.807, 2.05) is 24.3 Å². The molecule has 1 aromatic carbocycles. The lowest BCUT2D eigenvalue weighted by Gasteiger charge is -2.39. The molecule has 5 heteroatoms. The molecule has 1 aliphatic carbocycles. The van der Waals surface area contributed by atoms with Crippen LogP contribution >= 0.6 is 0 Å². The van der Waals surface area contributed by atoms with E-state index in [1.54, 1.807) is 0 Å². The smallest absolute Gasteiger partial charge is 0.222 e. The summed E-state index contributed by atoms with van der Waals surface area (Å²) < 4.78 is 0. The van der Waals surface area contributed by atoms with Crippen LogP contribution in [0.4, 0.5) is 11.8 Å². The van der Waals surface area contributed by atoms with Crippen LogP contribution in [-0.2, 0) is 0 Å². The van der Waals surface area contributed by atoms with Crippen molar-refractivity contribution >= 4 is 22.7 Å². The second kappa shape index (κ2) is 5.48. The summed E-state index contributed by atoms with van der Waals surface area (Å²) in [6.45, 7) is 2.37. The summed E-state index contributed by atoms with van der Waals surface area (Å²) in [5, 5.41) is 14.3. The Labute approximate surface area is 124 Å². The third-order valence-electron chi connectivity index (χ3n) is 4.54. The highest BCUT2D eigenvalue weighted by molar-refractivity contribution is 5.90. The van der Waals surface area contributed by atoms with Crippen LogP contribution in [0.25, 0.3) is 10.9 Å². The van der Waals surface area contributed by atoms with Gasteiger partial charge in [0.05, 0.1) is 17.7 Å². The van der Waals surface area contributed by atoms with Crippen molar-refractivity contribution in [2.24, 2.45) is 5.92 Å².